The summed E-state index contributed by atoms with van der Waals surface area (Å²) in [5.41, 5.74) is 1.79. The van der Waals surface area contributed by atoms with Crippen molar-refractivity contribution >= 4 is 12.0 Å². The first-order chi connectivity index (χ1) is 10.0. The van der Waals surface area contributed by atoms with Gasteiger partial charge in [-0.2, -0.15) is 0 Å². The summed E-state index contributed by atoms with van der Waals surface area (Å²) in [6, 6.07) is 5.60. The number of carbonyl (C=O) groups is 2. The van der Waals surface area contributed by atoms with E-state index < -0.39 is 5.97 Å². The van der Waals surface area contributed by atoms with Gasteiger partial charge < -0.3 is 15.3 Å². The van der Waals surface area contributed by atoms with Crippen LogP contribution in [0.3, 0.4) is 0 Å². The second kappa shape index (κ2) is 8.94. The van der Waals surface area contributed by atoms with E-state index in [1.807, 2.05) is 32.0 Å². The molecule has 0 spiro atoms. The standard InChI is InChI=1S/C15H23N3O3/c1-3-18(11-13-8-6-7-12(2)17-13)15(21)16-10-5-4-9-14(19)20/h6-8H,3-5,9-11H2,1-2H3,(H,16,21)(H,19,20). The number of rotatable bonds is 8. The predicted molar refractivity (Wildman–Crippen MR) is 79.9 cm³/mol. The van der Waals surface area contributed by atoms with Gasteiger partial charge in [-0.05, 0) is 38.8 Å². The molecule has 2 N–H and O–H groups in total. The molecular weight excluding hydrogens is 270 g/mol. The second-order valence-electron chi connectivity index (χ2n) is 4.87. The largest absolute Gasteiger partial charge is 0.481 e. The Kier molecular flexibility index (Phi) is 7.21. The molecule has 1 aromatic rings. The Morgan fingerprint density at radius 3 is 2.71 bits per heavy atom. The number of urea groups is 1. The highest BCUT2D eigenvalue weighted by Gasteiger charge is 2.12. The number of carbonyl (C=O) groups excluding carboxylic acids is 1. The van der Waals surface area contributed by atoms with Crippen LogP contribution in [0.5, 0.6) is 0 Å². The van der Waals surface area contributed by atoms with E-state index in [2.05, 4.69) is 10.3 Å². The minimum absolute atomic E-state index is 0.139. The van der Waals surface area contributed by atoms with Gasteiger partial charge in [0.25, 0.3) is 0 Å². The SMILES string of the molecule is CCN(Cc1cccc(C)n1)C(=O)NCCCCC(=O)O. The van der Waals surface area contributed by atoms with Crippen LogP contribution in [0.4, 0.5) is 4.79 Å². The third-order valence-electron chi connectivity index (χ3n) is 3.06. The number of aromatic nitrogens is 1. The van der Waals surface area contributed by atoms with Crippen molar-refractivity contribution < 1.29 is 14.7 Å². The highest BCUT2D eigenvalue weighted by Crippen LogP contribution is 2.04. The number of hydrogen-bond acceptors (Lipinski definition) is 3. The molecule has 0 bridgehead atoms. The van der Waals surface area contributed by atoms with E-state index in [4.69, 9.17) is 5.11 Å². The Hall–Kier alpha value is -2.11. The maximum absolute atomic E-state index is 12.0. The molecule has 0 aliphatic rings. The van der Waals surface area contributed by atoms with Gasteiger partial charge >= 0.3 is 12.0 Å². The second-order valence-corrected chi connectivity index (χ2v) is 4.87. The molecule has 0 saturated heterocycles. The van der Waals surface area contributed by atoms with Crippen LogP contribution in [-0.2, 0) is 11.3 Å². The number of nitrogens with one attached hydrogen (secondary N) is 1. The number of pyridine rings is 1. The normalized spacial score (nSPS) is 10.2. The number of carboxylic acids is 1. The van der Waals surface area contributed by atoms with E-state index in [9.17, 15) is 9.59 Å². The van der Waals surface area contributed by atoms with Crippen LogP contribution in [0, 0.1) is 6.92 Å². The number of hydrogen-bond donors (Lipinski definition) is 2. The first-order valence-corrected chi connectivity index (χ1v) is 7.20. The average Bonchev–Trinajstić information content (AvgIpc) is 2.44. The maximum atomic E-state index is 12.0. The molecule has 1 aromatic heterocycles. The van der Waals surface area contributed by atoms with E-state index >= 15 is 0 Å². The van der Waals surface area contributed by atoms with Gasteiger partial charge in [0.2, 0.25) is 0 Å². The summed E-state index contributed by atoms with van der Waals surface area (Å²) in [6.07, 6.45) is 1.38. The highest BCUT2D eigenvalue weighted by molar-refractivity contribution is 5.74. The zero-order chi connectivity index (χ0) is 15.7. The number of aliphatic carboxylic acids is 1. The van der Waals surface area contributed by atoms with Crippen LogP contribution in [0.1, 0.15) is 37.6 Å². The fraction of sp³-hybridized carbons (Fsp3) is 0.533. The van der Waals surface area contributed by atoms with Crippen molar-refractivity contribution in [2.45, 2.75) is 39.7 Å². The average molecular weight is 293 g/mol. The third kappa shape index (κ3) is 6.74. The molecular formula is C15H23N3O3. The zero-order valence-corrected chi connectivity index (χ0v) is 12.6. The van der Waals surface area contributed by atoms with Crippen LogP contribution in [0.25, 0.3) is 0 Å². The Morgan fingerprint density at radius 2 is 2.10 bits per heavy atom. The minimum Gasteiger partial charge on any atom is -0.481 e. The lowest BCUT2D eigenvalue weighted by molar-refractivity contribution is -0.137. The van der Waals surface area contributed by atoms with Crippen molar-refractivity contribution in [3.8, 4) is 0 Å². The number of nitrogens with zero attached hydrogens (tertiary/aromatic N) is 2. The molecule has 0 atom stereocenters. The molecule has 0 aliphatic heterocycles. The number of unbranched alkanes of at least 4 members (excludes halogenated alkanes) is 1. The van der Waals surface area contributed by atoms with E-state index in [0.717, 1.165) is 11.4 Å². The predicted octanol–water partition coefficient (Wildman–Crippen LogP) is 2.18. The van der Waals surface area contributed by atoms with Gasteiger partial charge in [0.15, 0.2) is 0 Å². The smallest absolute Gasteiger partial charge is 0.317 e. The lowest BCUT2D eigenvalue weighted by Crippen LogP contribution is -2.40. The quantitative estimate of drug-likeness (QED) is 0.720. The molecule has 0 unspecified atom stereocenters. The van der Waals surface area contributed by atoms with Crippen molar-refractivity contribution in [2.24, 2.45) is 0 Å². The lowest BCUT2D eigenvalue weighted by Gasteiger charge is -2.21. The van der Waals surface area contributed by atoms with Crippen molar-refractivity contribution in [3.63, 3.8) is 0 Å². The molecule has 6 nitrogen and oxygen atoms in total. The molecule has 2 amide bonds. The van der Waals surface area contributed by atoms with E-state index in [-0.39, 0.29) is 12.5 Å². The highest BCUT2D eigenvalue weighted by atomic mass is 16.4. The molecule has 21 heavy (non-hydrogen) atoms. The van der Waals surface area contributed by atoms with E-state index in [1.165, 1.54) is 0 Å². The Labute approximate surface area is 125 Å². The van der Waals surface area contributed by atoms with Gasteiger partial charge in [0, 0.05) is 25.2 Å². The Bertz CT molecular complexity index is 477. The van der Waals surface area contributed by atoms with E-state index in [0.29, 0.717) is 32.5 Å². The number of aryl methyl sites for hydroxylation is 1. The summed E-state index contributed by atoms with van der Waals surface area (Å²) in [7, 11) is 0. The Morgan fingerprint density at radius 1 is 1.33 bits per heavy atom. The Balaban J connectivity index is 2.37. The van der Waals surface area contributed by atoms with Crippen LogP contribution < -0.4 is 5.32 Å². The third-order valence-corrected chi connectivity index (χ3v) is 3.06. The summed E-state index contributed by atoms with van der Waals surface area (Å²) in [5, 5.41) is 11.3. The van der Waals surface area contributed by atoms with Gasteiger partial charge in [-0.25, -0.2) is 4.79 Å². The molecule has 1 heterocycles. The zero-order valence-electron chi connectivity index (χ0n) is 12.6. The molecule has 0 saturated carbocycles. The first kappa shape index (κ1) is 16.9. The van der Waals surface area contributed by atoms with Gasteiger partial charge in [0.05, 0.1) is 12.2 Å². The van der Waals surface area contributed by atoms with Crippen LogP contribution in [-0.4, -0.2) is 40.1 Å². The molecule has 0 radical (unpaired) electrons. The molecule has 6 heteroatoms. The number of amides is 2. The monoisotopic (exact) mass is 293 g/mol. The summed E-state index contributed by atoms with van der Waals surface area (Å²) in [5.74, 6) is -0.804. The van der Waals surface area contributed by atoms with Crippen molar-refractivity contribution in [3.05, 3.63) is 29.6 Å². The lowest BCUT2D eigenvalue weighted by atomic mass is 10.2. The maximum Gasteiger partial charge on any atom is 0.317 e. The summed E-state index contributed by atoms with van der Waals surface area (Å²) in [6.45, 7) is 5.39. The van der Waals surface area contributed by atoms with Gasteiger partial charge in [-0.3, -0.25) is 9.78 Å². The van der Waals surface area contributed by atoms with Gasteiger partial charge in [-0.15, -0.1) is 0 Å². The number of carboxylic acid groups (broad SMARTS) is 1. The van der Waals surface area contributed by atoms with Crippen molar-refractivity contribution in [2.75, 3.05) is 13.1 Å². The fourth-order valence-electron chi connectivity index (χ4n) is 1.92. The molecule has 0 aliphatic carbocycles. The topological polar surface area (TPSA) is 82.5 Å². The summed E-state index contributed by atoms with van der Waals surface area (Å²) in [4.78, 5) is 28.5. The molecule has 0 aromatic carbocycles. The van der Waals surface area contributed by atoms with Crippen LogP contribution in [0.15, 0.2) is 18.2 Å². The minimum atomic E-state index is -0.804. The van der Waals surface area contributed by atoms with Gasteiger partial charge in [0.1, 0.15) is 0 Å². The van der Waals surface area contributed by atoms with Crippen LogP contribution in [0.2, 0.25) is 0 Å². The van der Waals surface area contributed by atoms with Crippen molar-refractivity contribution in [1.82, 2.24) is 15.2 Å². The molecule has 116 valence electrons. The molecule has 1 rings (SSSR count). The van der Waals surface area contributed by atoms with Crippen molar-refractivity contribution in [1.29, 1.82) is 0 Å². The fourth-order valence-corrected chi connectivity index (χ4v) is 1.92. The van der Waals surface area contributed by atoms with E-state index in [1.54, 1.807) is 4.90 Å². The summed E-state index contributed by atoms with van der Waals surface area (Å²) < 4.78 is 0. The molecule has 0 fully saturated rings. The summed E-state index contributed by atoms with van der Waals surface area (Å²) >= 11 is 0. The van der Waals surface area contributed by atoms with Gasteiger partial charge in [-0.1, -0.05) is 6.07 Å². The van der Waals surface area contributed by atoms with Crippen LogP contribution >= 0.6 is 0 Å². The first-order valence-electron chi connectivity index (χ1n) is 7.20.